The van der Waals surface area contributed by atoms with Crippen LogP contribution in [0.4, 0.5) is 0 Å². The van der Waals surface area contributed by atoms with Crippen molar-refractivity contribution < 1.29 is 13.2 Å². The summed E-state index contributed by atoms with van der Waals surface area (Å²) < 4.78 is 23.7. The number of carbonyl (C=O) groups excluding carboxylic acids is 1. The Kier molecular flexibility index (Phi) is 11.9. The fourth-order valence-electron chi connectivity index (χ4n) is 1.55. The lowest BCUT2D eigenvalue weighted by Crippen LogP contribution is -2.38. The van der Waals surface area contributed by atoms with Crippen LogP contribution in [0, 0.1) is 0 Å². The minimum atomic E-state index is -3.09. The highest BCUT2D eigenvalue weighted by atomic mass is 32.2. The topological polar surface area (TPSA) is 103 Å². The Labute approximate surface area is 140 Å². The van der Waals surface area contributed by atoms with Gasteiger partial charge in [0.2, 0.25) is 15.9 Å². The molecule has 0 bridgehead atoms. The second-order valence-corrected chi connectivity index (χ2v) is 7.46. The third kappa shape index (κ3) is 13.2. The van der Waals surface area contributed by atoms with E-state index in [0.717, 1.165) is 32.7 Å². The van der Waals surface area contributed by atoms with Crippen LogP contribution in [0.3, 0.4) is 0 Å². The summed E-state index contributed by atoms with van der Waals surface area (Å²) in [6.45, 7) is 10.9. The van der Waals surface area contributed by atoms with Crippen LogP contribution in [0.5, 0.6) is 0 Å². The van der Waals surface area contributed by atoms with E-state index in [2.05, 4.69) is 27.8 Å². The molecular formula is C14H31N5O3S. The molecule has 136 valence electrons. The smallest absolute Gasteiger partial charge is 0.246 e. The van der Waals surface area contributed by atoms with Gasteiger partial charge in [-0.15, -0.1) is 0 Å². The van der Waals surface area contributed by atoms with Crippen molar-refractivity contribution in [3.8, 4) is 0 Å². The molecule has 23 heavy (non-hydrogen) atoms. The van der Waals surface area contributed by atoms with Gasteiger partial charge in [-0.3, -0.25) is 4.79 Å². The van der Waals surface area contributed by atoms with Crippen LogP contribution in [-0.2, 0) is 14.8 Å². The molecule has 0 fully saturated rings. The van der Waals surface area contributed by atoms with Crippen molar-refractivity contribution in [1.29, 1.82) is 0 Å². The maximum absolute atomic E-state index is 11.2. The quantitative estimate of drug-likeness (QED) is 0.221. The summed E-state index contributed by atoms with van der Waals surface area (Å²) in [5, 5.41) is 12.4. The van der Waals surface area contributed by atoms with Crippen LogP contribution in [0.25, 0.3) is 0 Å². The van der Waals surface area contributed by atoms with Gasteiger partial charge in [0.25, 0.3) is 0 Å². The monoisotopic (exact) mass is 349 g/mol. The Hall–Kier alpha value is -1.00. The van der Waals surface area contributed by atoms with Crippen molar-refractivity contribution in [2.75, 3.05) is 65.7 Å². The molecule has 0 atom stereocenters. The van der Waals surface area contributed by atoms with Gasteiger partial charge >= 0.3 is 0 Å². The van der Waals surface area contributed by atoms with Gasteiger partial charge in [0.15, 0.2) is 0 Å². The Morgan fingerprint density at radius 2 is 1.39 bits per heavy atom. The first-order valence-electron chi connectivity index (χ1n) is 7.72. The molecule has 0 heterocycles. The predicted octanol–water partition coefficient (Wildman–Crippen LogP) is -1.66. The Morgan fingerprint density at radius 1 is 0.957 bits per heavy atom. The van der Waals surface area contributed by atoms with Gasteiger partial charge in [-0.25, -0.2) is 12.7 Å². The third-order valence-corrected chi connectivity index (χ3v) is 4.42. The van der Waals surface area contributed by atoms with E-state index < -0.39 is 10.0 Å². The van der Waals surface area contributed by atoms with Gasteiger partial charge in [0.05, 0.1) is 6.26 Å². The summed E-state index contributed by atoms with van der Waals surface area (Å²) in [4.78, 5) is 11.2. The summed E-state index contributed by atoms with van der Waals surface area (Å²) in [6.07, 6.45) is 1.20. The fourth-order valence-corrected chi connectivity index (χ4v) is 1.97. The number of sulfonamides is 1. The maximum Gasteiger partial charge on any atom is 0.246 e. The lowest BCUT2D eigenvalue weighted by atomic mass is 10.3. The number of hydrogen-bond acceptors (Lipinski definition) is 6. The van der Waals surface area contributed by atoms with Crippen LogP contribution >= 0.6 is 0 Å². The average Bonchev–Trinajstić information content (AvgIpc) is 2.46. The van der Waals surface area contributed by atoms with E-state index >= 15 is 0 Å². The lowest BCUT2D eigenvalue weighted by molar-refractivity contribution is -0.117. The highest BCUT2D eigenvalue weighted by molar-refractivity contribution is 7.88. The molecule has 0 aromatic carbocycles. The highest BCUT2D eigenvalue weighted by Gasteiger charge is 2.08. The minimum absolute atomic E-state index is 0.113. The summed E-state index contributed by atoms with van der Waals surface area (Å²) in [5.74, 6) is -0.113. The first kappa shape index (κ1) is 22.0. The largest absolute Gasteiger partial charge is 0.351 e. The summed E-state index contributed by atoms with van der Waals surface area (Å²) in [6, 6.07) is 0. The highest BCUT2D eigenvalue weighted by Crippen LogP contribution is 1.89. The number of nitrogens with one attached hydrogen (secondary N) is 4. The van der Waals surface area contributed by atoms with Crippen molar-refractivity contribution in [2.45, 2.75) is 6.92 Å². The van der Waals surface area contributed by atoms with E-state index in [9.17, 15) is 13.2 Å². The molecule has 8 nitrogen and oxygen atoms in total. The first-order valence-corrected chi connectivity index (χ1v) is 9.57. The normalized spacial score (nSPS) is 11.7. The van der Waals surface area contributed by atoms with E-state index in [1.54, 1.807) is 14.0 Å². The lowest BCUT2D eigenvalue weighted by Gasteiger charge is -2.14. The zero-order chi connectivity index (χ0) is 17.7. The van der Waals surface area contributed by atoms with Crippen molar-refractivity contribution in [3.63, 3.8) is 0 Å². The number of likely N-dealkylation sites (N-methyl/N-ethyl adjacent to an activating group) is 1. The molecule has 0 saturated heterocycles. The molecule has 0 aromatic heterocycles. The van der Waals surface area contributed by atoms with Crippen LogP contribution in [0.15, 0.2) is 12.2 Å². The molecule has 0 aromatic rings. The molecule has 9 heteroatoms. The van der Waals surface area contributed by atoms with Crippen LogP contribution in [0.1, 0.15) is 6.92 Å². The average molecular weight is 350 g/mol. The van der Waals surface area contributed by atoms with E-state index in [-0.39, 0.29) is 5.91 Å². The Morgan fingerprint density at radius 3 is 1.83 bits per heavy atom. The zero-order valence-electron chi connectivity index (χ0n) is 14.4. The number of nitrogens with zero attached hydrogens (tertiary/aromatic N) is 1. The SMILES string of the molecule is C=C(C)C(=O)NCCNCCNCCNCCN(C)S(C)(=O)=O. The first-order chi connectivity index (χ1) is 10.7. The molecule has 0 aliphatic heterocycles. The summed E-state index contributed by atoms with van der Waals surface area (Å²) in [5.41, 5.74) is 0.516. The van der Waals surface area contributed by atoms with Gasteiger partial charge in [0, 0.05) is 65.0 Å². The standard InChI is InChI=1S/C14H31N5O3S/c1-13(2)14(20)18-10-9-16-6-5-15-7-8-17-11-12-19(3)23(4,21)22/h15-17H,1,5-12H2,2-4H3,(H,18,20). The molecule has 0 saturated carbocycles. The number of amides is 1. The number of rotatable bonds is 14. The van der Waals surface area contributed by atoms with Crippen molar-refractivity contribution in [3.05, 3.63) is 12.2 Å². The minimum Gasteiger partial charge on any atom is -0.351 e. The molecule has 4 N–H and O–H groups in total. The molecule has 0 unspecified atom stereocenters. The molecule has 0 aliphatic rings. The van der Waals surface area contributed by atoms with Gasteiger partial charge in [-0.1, -0.05) is 6.58 Å². The Bertz CT molecular complexity index is 453. The van der Waals surface area contributed by atoms with E-state index in [0.29, 0.717) is 25.2 Å². The number of carbonyl (C=O) groups is 1. The van der Waals surface area contributed by atoms with E-state index in [1.165, 1.54) is 10.6 Å². The number of hydrogen-bond donors (Lipinski definition) is 4. The second kappa shape index (κ2) is 12.4. The van der Waals surface area contributed by atoms with Crippen molar-refractivity contribution in [1.82, 2.24) is 25.6 Å². The van der Waals surface area contributed by atoms with E-state index in [4.69, 9.17) is 0 Å². The summed E-state index contributed by atoms with van der Waals surface area (Å²) >= 11 is 0. The molecule has 0 aliphatic carbocycles. The molecule has 1 amide bonds. The van der Waals surface area contributed by atoms with Gasteiger partial charge in [-0.2, -0.15) is 0 Å². The second-order valence-electron chi connectivity index (χ2n) is 5.37. The van der Waals surface area contributed by atoms with Crippen molar-refractivity contribution in [2.24, 2.45) is 0 Å². The van der Waals surface area contributed by atoms with Crippen molar-refractivity contribution >= 4 is 15.9 Å². The van der Waals surface area contributed by atoms with Crippen LogP contribution < -0.4 is 21.3 Å². The van der Waals surface area contributed by atoms with Crippen LogP contribution in [-0.4, -0.2) is 84.3 Å². The molecule has 0 spiro atoms. The predicted molar refractivity (Wildman–Crippen MR) is 93.9 cm³/mol. The van der Waals surface area contributed by atoms with Crippen LogP contribution in [0.2, 0.25) is 0 Å². The maximum atomic E-state index is 11.2. The van der Waals surface area contributed by atoms with E-state index in [1.807, 2.05) is 0 Å². The third-order valence-electron chi connectivity index (χ3n) is 3.10. The Balaban J connectivity index is 3.28. The molecular weight excluding hydrogens is 318 g/mol. The molecule has 0 rings (SSSR count). The molecule has 0 radical (unpaired) electrons. The fraction of sp³-hybridized carbons (Fsp3) is 0.786. The zero-order valence-corrected chi connectivity index (χ0v) is 15.3. The van der Waals surface area contributed by atoms with Gasteiger partial charge < -0.3 is 21.3 Å². The van der Waals surface area contributed by atoms with Gasteiger partial charge in [0.1, 0.15) is 0 Å². The summed E-state index contributed by atoms with van der Waals surface area (Å²) in [7, 11) is -1.52. The van der Waals surface area contributed by atoms with Gasteiger partial charge in [-0.05, 0) is 6.92 Å².